The molecule has 0 bridgehead atoms. The molecule has 2 heterocycles. The van der Waals surface area contributed by atoms with Gasteiger partial charge in [0, 0.05) is 30.7 Å². The Balaban J connectivity index is 1.95. The van der Waals surface area contributed by atoms with Crippen molar-refractivity contribution >= 4 is 21.9 Å². The number of benzene rings is 1. The van der Waals surface area contributed by atoms with E-state index in [1.54, 1.807) is 0 Å². The molecule has 1 saturated heterocycles. The van der Waals surface area contributed by atoms with Crippen LogP contribution in [0.3, 0.4) is 0 Å². The topological polar surface area (TPSA) is 54.2 Å². The van der Waals surface area contributed by atoms with E-state index in [0.717, 1.165) is 36.5 Å². The summed E-state index contributed by atoms with van der Waals surface area (Å²) in [6.45, 7) is 10.3. The first-order valence-electron chi connectivity index (χ1n) is 8.07. The molecule has 6 heteroatoms. The first-order chi connectivity index (χ1) is 11.0. The smallest absolute Gasteiger partial charge is 0.322 e. The van der Waals surface area contributed by atoms with Crippen LogP contribution < -0.4 is 10.2 Å². The number of aromatic nitrogens is 2. The van der Waals surface area contributed by atoms with Gasteiger partial charge in [0.05, 0.1) is 5.41 Å². The Labute approximate surface area is 145 Å². The third kappa shape index (κ3) is 3.15. The van der Waals surface area contributed by atoms with Crippen LogP contribution in [0.1, 0.15) is 32.2 Å². The highest BCUT2D eigenvalue weighted by atomic mass is 79.9. The van der Waals surface area contributed by atoms with E-state index in [0.29, 0.717) is 11.9 Å². The van der Waals surface area contributed by atoms with E-state index in [-0.39, 0.29) is 5.41 Å². The maximum absolute atomic E-state index is 5.57. The molecule has 0 aliphatic carbocycles. The van der Waals surface area contributed by atoms with Crippen molar-refractivity contribution in [2.24, 2.45) is 5.92 Å². The normalized spacial score (nSPS) is 18.2. The molecule has 23 heavy (non-hydrogen) atoms. The number of hydrogen-bond donors (Lipinski definition) is 1. The minimum Gasteiger partial charge on any atom is -0.322 e. The van der Waals surface area contributed by atoms with Crippen LogP contribution in [0.5, 0.6) is 0 Å². The van der Waals surface area contributed by atoms with Gasteiger partial charge in [0.1, 0.15) is 0 Å². The van der Waals surface area contributed by atoms with E-state index in [1.165, 1.54) is 5.56 Å². The predicted molar refractivity (Wildman–Crippen MR) is 94.8 cm³/mol. The average Bonchev–Trinajstić information content (AvgIpc) is 3.06. The summed E-state index contributed by atoms with van der Waals surface area (Å²) in [5.74, 6) is 1.10. The maximum Gasteiger partial charge on any atom is 0.324 e. The van der Waals surface area contributed by atoms with Crippen LogP contribution in [0, 0.1) is 5.92 Å². The lowest BCUT2D eigenvalue weighted by Gasteiger charge is -2.31. The molecule has 0 saturated carbocycles. The van der Waals surface area contributed by atoms with Crippen molar-refractivity contribution in [1.29, 1.82) is 0 Å². The van der Waals surface area contributed by atoms with Crippen molar-refractivity contribution < 1.29 is 4.52 Å². The van der Waals surface area contributed by atoms with Gasteiger partial charge in [0.2, 0.25) is 0 Å². The molecule has 1 aliphatic heterocycles. The molecule has 0 radical (unpaired) electrons. The number of nitrogens with one attached hydrogen (secondary N) is 1. The monoisotopic (exact) mass is 378 g/mol. The van der Waals surface area contributed by atoms with Crippen molar-refractivity contribution in [2.75, 3.05) is 31.1 Å². The standard InChI is InChI=1S/C17H23BrN4O/c1-12(2)17(3,13-4-6-14(18)7-5-13)15-20-16(23-21-15)22-10-8-19-9-11-22/h4-7,12,19H,8-11H2,1-3H3. The Morgan fingerprint density at radius 3 is 2.48 bits per heavy atom. The third-order valence-corrected chi connectivity index (χ3v) is 5.39. The molecule has 124 valence electrons. The van der Waals surface area contributed by atoms with Gasteiger partial charge in [-0.25, -0.2) is 0 Å². The highest BCUT2D eigenvalue weighted by Crippen LogP contribution is 2.38. The molecule has 1 aromatic heterocycles. The molecule has 3 rings (SSSR count). The lowest BCUT2D eigenvalue weighted by molar-refractivity contribution is 0.346. The van der Waals surface area contributed by atoms with Crippen LogP contribution >= 0.6 is 15.9 Å². The maximum atomic E-state index is 5.57. The van der Waals surface area contributed by atoms with Crippen molar-refractivity contribution in [1.82, 2.24) is 15.5 Å². The van der Waals surface area contributed by atoms with Gasteiger partial charge in [-0.05, 0) is 30.5 Å². The molecule has 0 spiro atoms. The highest BCUT2D eigenvalue weighted by molar-refractivity contribution is 9.10. The molecule has 2 aromatic rings. The molecular formula is C17H23BrN4O. The summed E-state index contributed by atoms with van der Waals surface area (Å²) in [5, 5.41) is 7.66. The van der Waals surface area contributed by atoms with Crippen LogP contribution in [0.15, 0.2) is 33.3 Å². The van der Waals surface area contributed by atoms with Gasteiger partial charge in [-0.2, -0.15) is 4.98 Å². The molecule has 1 fully saturated rings. The van der Waals surface area contributed by atoms with Gasteiger partial charge < -0.3 is 14.7 Å². The second-order valence-corrected chi connectivity index (χ2v) is 7.42. The zero-order valence-corrected chi connectivity index (χ0v) is 15.4. The fourth-order valence-electron chi connectivity index (χ4n) is 2.93. The summed E-state index contributed by atoms with van der Waals surface area (Å²) in [5.41, 5.74) is 0.916. The largest absolute Gasteiger partial charge is 0.324 e. The van der Waals surface area contributed by atoms with E-state index in [2.05, 4.69) is 76.3 Å². The Morgan fingerprint density at radius 2 is 1.87 bits per heavy atom. The molecule has 1 aromatic carbocycles. The molecule has 1 aliphatic rings. The number of halogens is 1. The van der Waals surface area contributed by atoms with Crippen LogP contribution in [0.25, 0.3) is 0 Å². The summed E-state index contributed by atoms with van der Waals surface area (Å²) in [7, 11) is 0. The fraction of sp³-hybridized carbons (Fsp3) is 0.529. The van der Waals surface area contributed by atoms with Crippen molar-refractivity contribution in [3.8, 4) is 0 Å². The van der Waals surface area contributed by atoms with Gasteiger partial charge in [-0.1, -0.05) is 47.1 Å². The van der Waals surface area contributed by atoms with Crippen LogP contribution in [0.4, 0.5) is 6.01 Å². The van der Waals surface area contributed by atoms with Crippen molar-refractivity contribution in [3.05, 3.63) is 40.1 Å². The second-order valence-electron chi connectivity index (χ2n) is 6.50. The molecular weight excluding hydrogens is 356 g/mol. The number of anilines is 1. The van der Waals surface area contributed by atoms with Crippen LogP contribution in [0.2, 0.25) is 0 Å². The van der Waals surface area contributed by atoms with Crippen LogP contribution in [-0.2, 0) is 5.41 Å². The molecule has 1 N–H and O–H groups in total. The fourth-order valence-corrected chi connectivity index (χ4v) is 3.19. The van der Waals surface area contributed by atoms with Crippen molar-refractivity contribution in [2.45, 2.75) is 26.2 Å². The van der Waals surface area contributed by atoms with Crippen LogP contribution in [-0.4, -0.2) is 36.3 Å². The minimum atomic E-state index is -0.281. The first kappa shape index (κ1) is 16.5. The molecule has 1 unspecified atom stereocenters. The summed E-state index contributed by atoms with van der Waals surface area (Å²) < 4.78 is 6.64. The Bertz CT molecular complexity index is 649. The lowest BCUT2D eigenvalue weighted by atomic mass is 9.73. The summed E-state index contributed by atoms with van der Waals surface area (Å²) in [6.07, 6.45) is 0. The summed E-state index contributed by atoms with van der Waals surface area (Å²) in [4.78, 5) is 6.88. The summed E-state index contributed by atoms with van der Waals surface area (Å²) >= 11 is 3.50. The van der Waals surface area contributed by atoms with Crippen molar-refractivity contribution in [3.63, 3.8) is 0 Å². The number of piperazine rings is 1. The van der Waals surface area contributed by atoms with E-state index in [4.69, 9.17) is 9.51 Å². The number of hydrogen-bond acceptors (Lipinski definition) is 5. The van der Waals surface area contributed by atoms with E-state index in [9.17, 15) is 0 Å². The highest BCUT2D eigenvalue weighted by Gasteiger charge is 2.38. The van der Waals surface area contributed by atoms with Gasteiger partial charge >= 0.3 is 6.01 Å². The van der Waals surface area contributed by atoms with Gasteiger partial charge in [0.15, 0.2) is 5.82 Å². The molecule has 0 amide bonds. The SMILES string of the molecule is CC(C)C(C)(c1ccc(Br)cc1)c1noc(N2CCNCC2)n1. The van der Waals surface area contributed by atoms with E-state index in [1.807, 2.05) is 0 Å². The van der Waals surface area contributed by atoms with Gasteiger partial charge in [-0.15, -0.1) is 0 Å². The Kier molecular flexibility index (Phi) is 4.73. The minimum absolute atomic E-state index is 0.281. The second kappa shape index (κ2) is 6.61. The third-order valence-electron chi connectivity index (χ3n) is 4.87. The molecule has 1 atom stereocenters. The van der Waals surface area contributed by atoms with E-state index >= 15 is 0 Å². The zero-order chi connectivity index (χ0) is 16.4. The average molecular weight is 379 g/mol. The first-order valence-corrected chi connectivity index (χ1v) is 8.87. The number of nitrogens with zero attached hydrogens (tertiary/aromatic N) is 3. The predicted octanol–water partition coefficient (Wildman–Crippen LogP) is 3.20. The Hall–Kier alpha value is -1.40. The summed E-state index contributed by atoms with van der Waals surface area (Å²) in [6, 6.07) is 9.02. The Morgan fingerprint density at radius 1 is 1.22 bits per heavy atom. The van der Waals surface area contributed by atoms with E-state index < -0.39 is 0 Å². The number of rotatable bonds is 4. The van der Waals surface area contributed by atoms with Gasteiger partial charge in [0.25, 0.3) is 0 Å². The van der Waals surface area contributed by atoms with Gasteiger partial charge in [-0.3, -0.25) is 0 Å². The lowest BCUT2D eigenvalue weighted by Crippen LogP contribution is -2.43. The quantitative estimate of drug-likeness (QED) is 0.884. The molecule has 5 nitrogen and oxygen atoms in total. The zero-order valence-electron chi connectivity index (χ0n) is 13.8.